The lowest BCUT2D eigenvalue weighted by Gasteiger charge is -2.07. The van der Waals surface area contributed by atoms with Crippen molar-refractivity contribution in [3.63, 3.8) is 0 Å². The first-order valence-electron chi connectivity index (χ1n) is 9.08. The van der Waals surface area contributed by atoms with Gasteiger partial charge in [-0.25, -0.2) is 4.79 Å². The second-order valence-corrected chi connectivity index (χ2v) is 6.30. The number of aliphatic hydroxyl groups excluding tert-OH is 1. The lowest BCUT2D eigenvalue weighted by molar-refractivity contribution is -0.139. The Balaban J connectivity index is 3.12. The summed E-state index contributed by atoms with van der Waals surface area (Å²) in [5, 5.41) is 9.44. The van der Waals surface area contributed by atoms with Crippen molar-refractivity contribution in [2.75, 3.05) is 6.61 Å². The third kappa shape index (κ3) is 14.1. The summed E-state index contributed by atoms with van der Waals surface area (Å²) < 4.78 is 5.05. The molecule has 0 aromatic rings. The zero-order valence-electron chi connectivity index (χ0n) is 14.7. The molecule has 0 radical (unpaired) electrons. The molecule has 0 heterocycles. The van der Waals surface area contributed by atoms with Gasteiger partial charge in [0, 0.05) is 5.57 Å². The van der Waals surface area contributed by atoms with E-state index in [4.69, 9.17) is 4.74 Å². The van der Waals surface area contributed by atoms with Crippen LogP contribution in [0.2, 0.25) is 0 Å². The van der Waals surface area contributed by atoms with Crippen LogP contribution < -0.4 is 0 Å². The smallest absolute Gasteiger partial charge is 0.333 e. The quantitative estimate of drug-likeness (QED) is 0.258. The van der Waals surface area contributed by atoms with E-state index in [9.17, 15) is 9.90 Å². The van der Waals surface area contributed by atoms with E-state index in [2.05, 4.69) is 6.58 Å². The van der Waals surface area contributed by atoms with Gasteiger partial charge in [0.2, 0.25) is 0 Å². The average molecular weight is 312 g/mol. The second-order valence-electron chi connectivity index (χ2n) is 6.30. The minimum atomic E-state index is -0.272. The number of aliphatic hydroxyl groups is 1. The molecule has 0 aliphatic heterocycles. The predicted molar refractivity (Wildman–Crippen MR) is 92.9 cm³/mol. The molecular formula is C19H36O3. The van der Waals surface area contributed by atoms with Crippen LogP contribution in [0.4, 0.5) is 0 Å². The van der Waals surface area contributed by atoms with Gasteiger partial charge in [0.15, 0.2) is 0 Å². The van der Waals surface area contributed by atoms with E-state index in [1.807, 2.05) is 6.92 Å². The van der Waals surface area contributed by atoms with Crippen molar-refractivity contribution in [3.8, 4) is 0 Å². The van der Waals surface area contributed by atoms with E-state index in [1.54, 1.807) is 6.92 Å². The molecule has 0 rings (SSSR count). The van der Waals surface area contributed by atoms with Crippen LogP contribution in [0.25, 0.3) is 0 Å². The topological polar surface area (TPSA) is 46.5 Å². The van der Waals surface area contributed by atoms with E-state index in [-0.39, 0.29) is 12.1 Å². The van der Waals surface area contributed by atoms with Gasteiger partial charge < -0.3 is 9.84 Å². The number of carbonyl (C=O) groups excluding carboxylic acids is 1. The Morgan fingerprint density at radius 2 is 1.41 bits per heavy atom. The first kappa shape index (κ1) is 21.2. The summed E-state index contributed by atoms with van der Waals surface area (Å²) in [6.07, 6.45) is 14.0. The maximum Gasteiger partial charge on any atom is 0.333 e. The highest BCUT2D eigenvalue weighted by Crippen LogP contribution is 2.12. The van der Waals surface area contributed by atoms with Crippen molar-refractivity contribution in [2.24, 2.45) is 0 Å². The Hall–Kier alpha value is -0.830. The highest BCUT2D eigenvalue weighted by molar-refractivity contribution is 5.86. The van der Waals surface area contributed by atoms with Crippen molar-refractivity contribution < 1.29 is 14.6 Å². The molecule has 22 heavy (non-hydrogen) atoms. The molecule has 0 amide bonds. The molecule has 1 atom stereocenters. The molecule has 0 saturated carbocycles. The van der Waals surface area contributed by atoms with Crippen molar-refractivity contribution >= 4 is 5.97 Å². The number of esters is 1. The van der Waals surface area contributed by atoms with Crippen molar-refractivity contribution in [3.05, 3.63) is 12.2 Å². The summed E-state index contributed by atoms with van der Waals surface area (Å²) in [7, 11) is 0. The summed E-state index contributed by atoms with van der Waals surface area (Å²) in [6.45, 7) is 7.79. The zero-order chi connectivity index (χ0) is 16.6. The van der Waals surface area contributed by atoms with Gasteiger partial charge in [0.05, 0.1) is 12.7 Å². The summed E-state index contributed by atoms with van der Waals surface area (Å²) >= 11 is 0. The van der Waals surface area contributed by atoms with Crippen LogP contribution in [-0.4, -0.2) is 23.8 Å². The molecule has 130 valence electrons. The summed E-state index contributed by atoms with van der Waals surface area (Å²) in [4.78, 5) is 11.1. The van der Waals surface area contributed by atoms with Gasteiger partial charge in [-0.05, 0) is 26.2 Å². The van der Waals surface area contributed by atoms with Gasteiger partial charge >= 0.3 is 5.97 Å². The number of unbranched alkanes of at least 4 members (excludes halogenated alkanes) is 9. The third-order valence-electron chi connectivity index (χ3n) is 3.98. The predicted octanol–water partition coefficient (Wildman–Crippen LogP) is 5.17. The molecule has 0 aliphatic carbocycles. The van der Waals surface area contributed by atoms with Crippen LogP contribution >= 0.6 is 0 Å². The largest absolute Gasteiger partial charge is 0.462 e. The molecule has 0 aromatic heterocycles. The normalized spacial score (nSPS) is 12.1. The van der Waals surface area contributed by atoms with E-state index in [1.165, 1.54) is 44.9 Å². The fourth-order valence-electron chi connectivity index (χ4n) is 2.39. The Labute approximate surface area is 137 Å². The fourth-order valence-corrected chi connectivity index (χ4v) is 2.39. The fraction of sp³-hybridized carbons (Fsp3) is 0.842. The molecular weight excluding hydrogens is 276 g/mol. The van der Waals surface area contributed by atoms with Gasteiger partial charge in [-0.2, -0.15) is 0 Å². The Kier molecular flexibility index (Phi) is 14.5. The van der Waals surface area contributed by atoms with Crippen molar-refractivity contribution in [1.82, 2.24) is 0 Å². The van der Waals surface area contributed by atoms with Gasteiger partial charge in [-0.3, -0.25) is 0 Å². The van der Waals surface area contributed by atoms with E-state index in [0.29, 0.717) is 12.2 Å². The van der Waals surface area contributed by atoms with Gasteiger partial charge in [0.25, 0.3) is 0 Å². The van der Waals surface area contributed by atoms with Crippen molar-refractivity contribution in [1.29, 1.82) is 0 Å². The van der Waals surface area contributed by atoms with E-state index < -0.39 is 0 Å². The van der Waals surface area contributed by atoms with Crippen LogP contribution in [0.5, 0.6) is 0 Å². The lowest BCUT2D eigenvalue weighted by Crippen LogP contribution is -2.05. The van der Waals surface area contributed by atoms with Crippen LogP contribution in [0.1, 0.15) is 90.9 Å². The molecule has 1 unspecified atom stereocenters. The Morgan fingerprint density at radius 3 is 1.86 bits per heavy atom. The van der Waals surface area contributed by atoms with Crippen LogP contribution in [0.3, 0.4) is 0 Å². The third-order valence-corrected chi connectivity index (χ3v) is 3.98. The molecule has 0 bridgehead atoms. The highest BCUT2D eigenvalue weighted by Gasteiger charge is 2.02. The first-order chi connectivity index (χ1) is 10.6. The summed E-state index contributed by atoms with van der Waals surface area (Å²) in [6, 6.07) is 0. The standard InChI is InChI=1S/C19H36O3/c1-4-18(20)15-13-11-9-7-5-6-8-10-12-14-16-22-19(21)17(2)3/h18,20H,2,4-16H2,1,3H3. The van der Waals surface area contributed by atoms with Crippen LogP contribution in [0.15, 0.2) is 12.2 Å². The number of carbonyl (C=O) groups is 1. The Morgan fingerprint density at radius 1 is 0.955 bits per heavy atom. The second kappa shape index (κ2) is 15.1. The summed E-state index contributed by atoms with van der Waals surface area (Å²) in [5.74, 6) is -0.272. The molecule has 0 aliphatic rings. The zero-order valence-corrected chi connectivity index (χ0v) is 14.7. The highest BCUT2D eigenvalue weighted by atomic mass is 16.5. The van der Waals surface area contributed by atoms with Crippen molar-refractivity contribution in [2.45, 2.75) is 97.0 Å². The average Bonchev–Trinajstić information content (AvgIpc) is 2.51. The van der Waals surface area contributed by atoms with Gasteiger partial charge in [-0.1, -0.05) is 71.3 Å². The molecule has 3 nitrogen and oxygen atoms in total. The van der Waals surface area contributed by atoms with E-state index >= 15 is 0 Å². The maximum absolute atomic E-state index is 11.1. The number of ether oxygens (including phenoxy) is 1. The molecule has 3 heteroatoms. The summed E-state index contributed by atoms with van der Waals surface area (Å²) in [5.41, 5.74) is 0.476. The van der Waals surface area contributed by atoms with Gasteiger partial charge in [0.1, 0.15) is 0 Å². The monoisotopic (exact) mass is 312 g/mol. The number of rotatable bonds is 15. The SMILES string of the molecule is C=C(C)C(=O)OCCCCCCCCCCCCC(O)CC. The molecule has 0 spiro atoms. The molecule has 0 saturated heterocycles. The minimum Gasteiger partial charge on any atom is -0.462 e. The lowest BCUT2D eigenvalue weighted by atomic mass is 10.0. The van der Waals surface area contributed by atoms with Gasteiger partial charge in [-0.15, -0.1) is 0 Å². The van der Waals surface area contributed by atoms with E-state index in [0.717, 1.165) is 32.1 Å². The minimum absolute atomic E-state index is 0.0883. The van der Waals surface area contributed by atoms with Crippen LogP contribution in [-0.2, 0) is 9.53 Å². The first-order valence-corrected chi connectivity index (χ1v) is 9.08. The number of hydrogen-bond acceptors (Lipinski definition) is 3. The Bertz CT molecular complexity index is 286. The molecule has 0 aromatic carbocycles. The molecule has 0 fully saturated rings. The molecule has 1 N–H and O–H groups in total. The maximum atomic E-state index is 11.1. The number of hydrogen-bond donors (Lipinski definition) is 1. The van der Waals surface area contributed by atoms with Crippen LogP contribution in [0, 0.1) is 0 Å².